The Balaban J connectivity index is 1.47. The van der Waals surface area contributed by atoms with E-state index >= 15 is 0 Å². The third-order valence-corrected chi connectivity index (χ3v) is 3.94. The minimum atomic E-state index is -0.280. The van der Waals surface area contributed by atoms with Gasteiger partial charge in [-0.15, -0.1) is 0 Å². The first-order valence-electron chi connectivity index (χ1n) is 8.05. The summed E-state index contributed by atoms with van der Waals surface area (Å²) in [6.45, 7) is 0. The Morgan fingerprint density at radius 3 is 2.08 bits per heavy atom. The summed E-state index contributed by atoms with van der Waals surface area (Å²) in [6, 6.07) is 13.2. The van der Waals surface area contributed by atoms with Gasteiger partial charge < -0.3 is 10.6 Å². The van der Waals surface area contributed by atoms with Gasteiger partial charge in [0.2, 0.25) is 11.8 Å². The predicted octanol–water partition coefficient (Wildman–Crippen LogP) is 3.75. The maximum absolute atomic E-state index is 12.8. The van der Waals surface area contributed by atoms with Crippen LogP contribution in [0.4, 0.5) is 15.8 Å². The molecule has 0 saturated heterocycles. The number of nitrogens with one attached hydrogen (secondary N) is 2. The number of benzene rings is 2. The van der Waals surface area contributed by atoms with Crippen LogP contribution in [-0.4, -0.2) is 11.8 Å². The molecule has 0 bridgehead atoms. The largest absolute Gasteiger partial charge is 0.326 e. The highest BCUT2D eigenvalue weighted by molar-refractivity contribution is 5.95. The van der Waals surface area contributed by atoms with Crippen molar-refractivity contribution >= 4 is 23.2 Å². The Bertz CT molecular complexity index is 722. The molecule has 2 N–H and O–H groups in total. The smallest absolute Gasteiger partial charge is 0.227 e. The lowest BCUT2D eigenvalue weighted by Crippen LogP contribution is -2.14. The van der Waals surface area contributed by atoms with Gasteiger partial charge in [-0.05, 0) is 61.2 Å². The van der Waals surface area contributed by atoms with E-state index in [2.05, 4.69) is 10.6 Å². The van der Waals surface area contributed by atoms with E-state index in [1.54, 1.807) is 36.4 Å². The van der Waals surface area contributed by atoms with Crippen LogP contribution in [-0.2, 0) is 16.0 Å². The maximum Gasteiger partial charge on any atom is 0.227 e. The molecule has 0 radical (unpaired) electrons. The average molecular weight is 326 g/mol. The van der Waals surface area contributed by atoms with Crippen LogP contribution in [0.3, 0.4) is 0 Å². The minimum Gasteiger partial charge on any atom is -0.326 e. The van der Waals surface area contributed by atoms with Crippen LogP contribution in [0.15, 0.2) is 48.5 Å². The van der Waals surface area contributed by atoms with Crippen molar-refractivity contribution < 1.29 is 14.0 Å². The van der Waals surface area contributed by atoms with Crippen molar-refractivity contribution in [2.75, 3.05) is 10.6 Å². The molecule has 0 unspecified atom stereocenters. The molecule has 1 aliphatic rings. The third kappa shape index (κ3) is 4.65. The highest BCUT2D eigenvalue weighted by Gasteiger charge is 2.29. The molecular weight excluding hydrogens is 307 g/mol. The quantitative estimate of drug-likeness (QED) is 0.849. The van der Waals surface area contributed by atoms with Gasteiger partial charge in [0.1, 0.15) is 5.82 Å². The lowest BCUT2D eigenvalue weighted by molar-refractivity contribution is -0.117. The first kappa shape index (κ1) is 16.2. The number of hydrogen-bond donors (Lipinski definition) is 2. The highest BCUT2D eigenvalue weighted by atomic mass is 19.1. The molecule has 2 aromatic carbocycles. The molecule has 0 atom stereocenters. The molecule has 2 amide bonds. The first-order valence-corrected chi connectivity index (χ1v) is 8.05. The predicted molar refractivity (Wildman–Crippen MR) is 91.1 cm³/mol. The van der Waals surface area contributed by atoms with Crippen molar-refractivity contribution in [3.05, 3.63) is 59.9 Å². The zero-order valence-electron chi connectivity index (χ0n) is 13.2. The van der Waals surface area contributed by atoms with Gasteiger partial charge in [-0.1, -0.05) is 12.1 Å². The van der Waals surface area contributed by atoms with Crippen LogP contribution in [0.5, 0.6) is 0 Å². The molecule has 3 rings (SSSR count). The summed E-state index contributed by atoms with van der Waals surface area (Å²) in [5.41, 5.74) is 2.34. The van der Waals surface area contributed by atoms with Gasteiger partial charge in [0.15, 0.2) is 0 Å². The second-order valence-electron chi connectivity index (χ2n) is 6.02. The van der Waals surface area contributed by atoms with E-state index in [0.29, 0.717) is 18.5 Å². The monoisotopic (exact) mass is 326 g/mol. The first-order chi connectivity index (χ1) is 11.6. The Morgan fingerprint density at radius 2 is 1.50 bits per heavy atom. The summed E-state index contributed by atoms with van der Waals surface area (Å²) >= 11 is 0. The number of amides is 2. The number of carbonyl (C=O) groups excluding carboxylic acids is 2. The summed E-state index contributed by atoms with van der Waals surface area (Å²) < 4.78 is 12.8. The lowest BCUT2D eigenvalue weighted by atomic mass is 10.1. The highest BCUT2D eigenvalue weighted by Crippen LogP contribution is 2.30. The van der Waals surface area contributed by atoms with Crippen LogP contribution < -0.4 is 10.6 Å². The number of anilines is 2. The molecule has 124 valence electrons. The Morgan fingerprint density at radius 1 is 0.917 bits per heavy atom. The zero-order valence-corrected chi connectivity index (χ0v) is 13.2. The fraction of sp³-hybridized carbons (Fsp3) is 0.263. The van der Waals surface area contributed by atoms with Crippen LogP contribution in [0.25, 0.3) is 0 Å². The second-order valence-corrected chi connectivity index (χ2v) is 6.02. The van der Waals surface area contributed by atoms with Gasteiger partial charge in [-0.2, -0.15) is 0 Å². The average Bonchev–Trinajstić information content (AvgIpc) is 3.41. The topological polar surface area (TPSA) is 58.2 Å². The van der Waals surface area contributed by atoms with Crippen molar-refractivity contribution in [3.63, 3.8) is 0 Å². The normalized spacial score (nSPS) is 13.4. The zero-order chi connectivity index (χ0) is 16.9. The molecule has 1 fully saturated rings. The Labute approximate surface area is 140 Å². The summed E-state index contributed by atoms with van der Waals surface area (Å²) in [6.07, 6.45) is 2.81. The van der Waals surface area contributed by atoms with Crippen molar-refractivity contribution in [2.24, 2.45) is 5.92 Å². The third-order valence-electron chi connectivity index (χ3n) is 3.94. The van der Waals surface area contributed by atoms with Gasteiger partial charge >= 0.3 is 0 Å². The number of carbonyl (C=O) groups is 2. The molecule has 24 heavy (non-hydrogen) atoms. The fourth-order valence-corrected chi connectivity index (χ4v) is 2.36. The molecule has 0 spiro atoms. The van der Waals surface area contributed by atoms with E-state index in [4.69, 9.17) is 0 Å². The molecule has 1 saturated carbocycles. The van der Waals surface area contributed by atoms with E-state index in [-0.39, 0.29) is 23.5 Å². The molecule has 0 aromatic heterocycles. The standard InChI is InChI=1S/C19H19FN2O2/c20-15-6-1-13(2-7-15)3-12-18(23)21-16-8-10-17(11-9-16)22-19(24)14-4-5-14/h1-2,6-11,14H,3-5,12H2,(H,21,23)(H,22,24). The van der Waals surface area contributed by atoms with E-state index in [1.807, 2.05) is 0 Å². The van der Waals surface area contributed by atoms with Crippen LogP contribution in [0, 0.1) is 11.7 Å². The molecular formula is C19H19FN2O2. The van der Waals surface area contributed by atoms with E-state index in [0.717, 1.165) is 24.1 Å². The van der Waals surface area contributed by atoms with E-state index in [1.165, 1.54) is 12.1 Å². The Kier molecular flexibility index (Phi) is 4.89. The van der Waals surface area contributed by atoms with Gasteiger partial charge in [-0.25, -0.2) is 4.39 Å². The fourth-order valence-electron chi connectivity index (χ4n) is 2.36. The summed E-state index contributed by atoms with van der Waals surface area (Å²) in [5, 5.41) is 5.67. The number of hydrogen-bond acceptors (Lipinski definition) is 2. The second kappa shape index (κ2) is 7.25. The van der Waals surface area contributed by atoms with E-state index < -0.39 is 0 Å². The van der Waals surface area contributed by atoms with Crippen LogP contribution >= 0.6 is 0 Å². The Hall–Kier alpha value is -2.69. The number of rotatable bonds is 6. The van der Waals surface area contributed by atoms with Crippen LogP contribution in [0.2, 0.25) is 0 Å². The van der Waals surface area contributed by atoms with Gasteiger partial charge in [0.25, 0.3) is 0 Å². The molecule has 0 aliphatic heterocycles. The van der Waals surface area contributed by atoms with Crippen molar-refractivity contribution in [1.82, 2.24) is 0 Å². The van der Waals surface area contributed by atoms with Crippen LogP contribution in [0.1, 0.15) is 24.8 Å². The maximum atomic E-state index is 12.8. The van der Waals surface area contributed by atoms with Gasteiger partial charge in [0.05, 0.1) is 0 Å². The number of halogens is 1. The van der Waals surface area contributed by atoms with Gasteiger partial charge in [0, 0.05) is 23.7 Å². The lowest BCUT2D eigenvalue weighted by Gasteiger charge is -2.08. The van der Waals surface area contributed by atoms with E-state index in [9.17, 15) is 14.0 Å². The van der Waals surface area contributed by atoms with Crippen molar-refractivity contribution in [2.45, 2.75) is 25.7 Å². The molecule has 0 heterocycles. The minimum absolute atomic E-state index is 0.0612. The van der Waals surface area contributed by atoms with Crippen molar-refractivity contribution in [1.29, 1.82) is 0 Å². The molecule has 2 aromatic rings. The molecule has 5 heteroatoms. The van der Waals surface area contributed by atoms with Gasteiger partial charge in [-0.3, -0.25) is 9.59 Å². The van der Waals surface area contributed by atoms with Crippen molar-refractivity contribution in [3.8, 4) is 0 Å². The number of aryl methyl sites for hydroxylation is 1. The summed E-state index contributed by atoms with van der Waals surface area (Å²) in [4.78, 5) is 23.6. The molecule has 1 aliphatic carbocycles. The molecule has 4 nitrogen and oxygen atoms in total. The summed E-state index contributed by atoms with van der Waals surface area (Å²) in [7, 11) is 0. The SMILES string of the molecule is O=C(CCc1ccc(F)cc1)Nc1ccc(NC(=O)C2CC2)cc1. The summed E-state index contributed by atoms with van der Waals surface area (Å²) in [5.74, 6) is -0.159.